The number of ether oxygens (including phenoxy) is 1. The van der Waals surface area contributed by atoms with E-state index in [0.29, 0.717) is 0 Å². The summed E-state index contributed by atoms with van der Waals surface area (Å²) in [5, 5.41) is 18.3. The summed E-state index contributed by atoms with van der Waals surface area (Å²) in [5.41, 5.74) is 0.219. The summed E-state index contributed by atoms with van der Waals surface area (Å²) in [6.07, 6.45) is 2.25. The third-order valence-electron chi connectivity index (χ3n) is 2.49. The van der Waals surface area contributed by atoms with Gasteiger partial charge in [0.05, 0.1) is 6.61 Å². The maximum Gasteiger partial charge on any atom is 0.414 e. The number of aliphatic carboxylic acids is 2. The first-order chi connectivity index (χ1) is 10.6. The fourth-order valence-corrected chi connectivity index (χ4v) is 1.77. The van der Waals surface area contributed by atoms with E-state index < -0.39 is 11.9 Å². The molecule has 0 spiro atoms. The van der Waals surface area contributed by atoms with Crippen LogP contribution in [0.1, 0.15) is 33.6 Å². The Hall–Kier alpha value is -1.35. The topological polar surface area (TPSA) is 95.9 Å². The maximum absolute atomic E-state index is 9.10. The highest BCUT2D eigenvalue weighted by atomic mass is 127. The molecule has 0 bridgehead atoms. The lowest BCUT2D eigenvalue weighted by Gasteiger charge is -2.20. The van der Waals surface area contributed by atoms with Crippen molar-refractivity contribution in [1.29, 1.82) is 0 Å². The molecule has 0 saturated heterocycles. The van der Waals surface area contributed by atoms with Crippen LogP contribution in [0, 0.1) is 3.57 Å². The van der Waals surface area contributed by atoms with Gasteiger partial charge < -0.3 is 20.3 Å². The van der Waals surface area contributed by atoms with Gasteiger partial charge in [0.15, 0.2) is 0 Å². The standard InChI is InChI=1S/C14H22INO.C2H2O4/c1-14(2,3)16-10-4-5-11-17-13-8-6-12(15)7-9-13;3-1(4)2(5)6/h6-9,16H,4-5,10-11H2,1-3H3;(H,3,4)(H,5,6). The van der Waals surface area contributed by atoms with Crippen LogP contribution < -0.4 is 10.1 Å². The zero-order valence-electron chi connectivity index (χ0n) is 13.6. The van der Waals surface area contributed by atoms with Crippen molar-refractivity contribution in [2.24, 2.45) is 0 Å². The minimum absolute atomic E-state index is 0.219. The van der Waals surface area contributed by atoms with E-state index in [9.17, 15) is 0 Å². The van der Waals surface area contributed by atoms with Crippen LogP contribution in [0.2, 0.25) is 0 Å². The molecule has 0 atom stereocenters. The van der Waals surface area contributed by atoms with Crippen LogP contribution in [-0.4, -0.2) is 40.8 Å². The summed E-state index contributed by atoms with van der Waals surface area (Å²) >= 11 is 2.30. The molecule has 0 heterocycles. The predicted octanol–water partition coefficient (Wildman–Crippen LogP) is 2.99. The van der Waals surface area contributed by atoms with Crippen molar-refractivity contribution in [3.63, 3.8) is 0 Å². The highest BCUT2D eigenvalue weighted by Crippen LogP contribution is 2.13. The van der Waals surface area contributed by atoms with Crippen LogP contribution in [0.4, 0.5) is 0 Å². The number of halogens is 1. The Morgan fingerprint density at radius 3 is 2.04 bits per heavy atom. The molecule has 0 aliphatic carbocycles. The quantitative estimate of drug-likeness (QED) is 0.360. The van der Waals surface area contributed by atoms with Crippen molar-refractivity contribution >= 4 is 34.5 Å². The van der Waals surface area contributed by atoms with Crippen molar-refractivity contribution < 1.29 is 24.5 Å². The van der Waals surface area contributed by atoms with E-state index in [1.165, 1.54) is 3.57 Å². The fraction of sp³-hybridized carbons (Fsp3) is 0.500. The normalized spacial score (nSPS) is 10.4. The van der Waals surface area contributed by atoms with Crippen LogP contribution >= 0.6 is 22.6 Å². The molecule has 3 N–H and O–H groups in total. The van der Waals surface area contributed by atoms with Crippen molar-refractivity contribution in [3.8, 4) is 5.75 Å². The lowest BCUT2D eigenvalue weighted by molar-refractivity contribution is -0.159. The summed E-state index contributed by atoms with van der Waals surface area (Å²) in [7, 11) is 0. The second-order valence-electron chi connectivity index (χ2n) is 5.80. The first kappa shape index (κ1) is 21.6. The second-order valence-corrected chi connectivity index (χ2v) is 7.04. The Balaban J connectivity index is 0.000000688. The molecule has 0 aromatic heterocycles. The molecular weight excluding hydrogens is 413 g/mol. The predicted molar refractivity (Wildman–Crippen MR) is 96.9 cm³/mol. The molecule has 130 valence electrons. The van der Waals surface area contributed by atoms with Crippen molar-refractivity contribution in [3.05, 3.63) is 27.8 Å². The lowest BCUT2D eigenvalue weighted by Crippen LogP contribution is -2.36. The largest absolute Gasteiger partial charge is 0.494 e. The molecule has 1 aromatic rings. The Labute approximate surface area is 150 Å². The molecule has 0 unspecified atom stereocenters. The summed E-state index contributed by atoms with van der Waals surface area (Å²) in [6, 6.07) is 8.18. The third kappa shape index (κ3) is 14.0. The van der Waals surface area contributed by atoms with Crippen molar-refractivity contribution in [2.45, 2.75) is 39.2 Å². The molecule has 1 aromatic carbocycles. The number of unbranched alkanes of at least 4 members (excludes halogenated alkanes) is 1. The molecule has 0 fully saturated rings. The molecule has 0 aliphatic heterocycles. The Kier molecular flexibility index (Phi) is 10.6. The molecule has 1 rings (SSSR count). The Morgan fingerprint density at radius 2 is 1.61 bits per heavy atom. The van der Waals surface area contributed by atoms with Gasteiger partial charge >= 0.3 is 11.9 Å². The number of benzene rings is 1. The molecule has 0 amide bonds. The number of hydrogen-bond acceptors (Lipinski definition) is 4. The summed E-state index contributed by atoms with van der Waals surface area (Å²) in [6.45, 7) is 8.42. The highest BCUT2D eigenvalue weighted by Gasteiger charge is 2.06. The molecule has 0 saturated carbocycles. The lowest BCUT2D eigenvalue weighted by atomic mass is 10.1. The minimum atomic E-state index is -1.82. The SMILES string of the molecule is CC(C)(C)NCCCCOc1ccc(I)cc1.O=C(O)C(=O)O. The average molecular weight is 437 g/mol. The van der Waals surface area contributed by atoms with E-state index in [-0.39, 0.29) is 5.54 Å². The number of hydrogen-bond donors (Lipinski definition) is 3. The van der Waals surface area contributed by atoms with Gasteiger partial charge in [0.1, 0.15) is 5.75 Å². The summed E-state index contributed by atoms with van der Waals surface area (Å²) in [5.74, 6) is -2.68. The Morgan fingerprint density at radius 1 is 1.09 bits per heavy atom. The number of carboxylic acid groups (broad SMARTS) is 2. The summed E-state index contributed by atoms with van der Waals surface area (Å²) in [4.78, 5) is 18.2. The molecule has 0 aliphatic rings. The van der Waals surface area contributed by atoms with E-state index in [1.54, 1.807) is 0 Å². The smallest absolute Gasteiger partial charge is 0.414 e. The van der Waals surface area contributed by atoms with Crippen LogP contribution in [0.15, 0.2) is 24.3 Å². The van der Waals surface area contributed by atoms with Gasteiger partial charge in [-0.1, -0.05) is 0 Å². The van der Waals surface area contributed by atoms with E-state index in [2.05, 4.69) is 60.8 Å². The molecule has 0 radical (unpaired) electrons. The number of nitrogens with one attached hydrogen (secondary N) is 1. The first-order valence-corrected chi connectivity index (χ1v) is 8.29. The number of carboxylic acids is 2. The van der Waals surface area contributed by atoms with E-state index in [1.807, 2.05) is 12.1 Å². The van der Waals surface area contributed by atoms with Crippen LogP contribution in [0.3, 0.4) is 0 Å². The van der Waals surface area contributed by atoms with E-state index in [0.717, 1.165) is 31.7 Å². The molecular formula is C16H24INO5. The summed E-state index contributed by atoms with van der Waals surface area (Å²) < 4.78 is 6.90. The zero-order valence-corrected chi connectivity index (χ0v) is 15.8. The van der Waals surface area contributed by atoms with Gasteiger partial charge in [0.25, 0.3) is 0 Å². The maximum atomic E-state index is 9.10. The molecule has 7 heteroatoms. The van der Waals surface area contributed by atoms with Gasteiger partial charge in [0, 0.05) is 9.11 Å². The van der Waals surface area contributed by atoms with E-state index >= 15 is 0 Å². The molecule has 23 heavy (non-hydrogen) atoms. The van der Waals surface area contributed by atoms with Crippen LogP contribution in [-0.2, 0) is 9.59 Å². The van der Waals surface area contributed by atoms with Crippen LogP contribution in [0.25, 0.3) is 0 Å². The van der Waals surface area contributed by atoms with Crippen molar-refractivity contribution in [1.82, 2.24) is 5.32 Å². The fourth-order valence-electron chi connectivity index (χ4n) is 1.41. The second kappa shape index (κ2) is 11.2. The van der Waals surface area contributed by atoms with Gasteiger partial charge in [0.2, 0.25) is 0 Å². The van der Waals surface area contributed by atoms with Crippen LogP contribution in [0.5, 0.6) is 5.75 Å². The van der Waals surface area contributed by atoms with Gasteiger partial charge in [-0.05, 0) is 87.0 Å². The highest BCUT2D eigenvalue weighted by molar-refractivity contribution is 14.1. The number of rotatable bonds is 6. The van der Waals surface area contributed by atoms with Gasteiger partial charge in [-0.15, -0.1) is 0 Å². The number of carbonyl (C=O) groups is 2. The average Bonchev–Trinajstić information content (AvgIpc) is 2.44. The first-order valence-electron chi connectivity index (χ1n) is 7.21. The third-order valence-corrected chi connectivity index (χ3v) is 3.21. The van der Waals surface area contributed by atoms with Gasteiger partial charge in [-0.25, -0.2) is 9.59 Å². The minimum Gasteiger partial charge on any atom is -0.494 e. The monoisotopic (exact) mass is 437 g/mol. The van der Waals surface area contributed by atoms with Gasteiger partial charge in [-0.2, -0.15) is 0 Å². The molecule has 6 nitrogen and oxygen atoms in total. The van der Waals surface area contributed by atoms with Crippen molar-refractivity contribution in [2.75, 3.05) is 13.2 Å². The van der Waals surface area contributed by atoms with E-state index in [4.69, 9.17) is 24.5 Å². The van der Waals surface area contributed by atoms with Gasteiger partial charge in [-0.3, -0.25) is 0 Å². The Bertz CT molecular complexity index is 470. The zero-order chi connectivity index (χ0) is 17.9.